The molecule has 0 aliphatic carbocycles. The van der Waals surface area contributed by atoms with Gasteiger partial charge in [-0.15, -0.1) is 0 Å². The van der Waals surface area contributed by atoms with Crippen LogP contribution in [0.25, 0.3) is 0 Å². The summed E-state index contributed by atoms with van der Waals surface area (Å²) in [6.07, 6.45) is -4.46. The minimum atomic E-state index is -4.46. The van der Waals surface area contributed by atoms with Gasteiger partial charge in [0.15, 0.2) is 0 Å². The summed E-state index contributed by atoms with van der Waals surface area (Å²) in [6.45, 7) is 8.54. The number of benzene rings is 2. The highest BCUT2D eigenvalue weighted by Gasteiger charge is 2.30. The van der Waals surface area contributed by atoms with Crippen LogP contribution in [0.5, 0.6) is 0 Å². The third-order valence-corrected chi connectivity index (χ3v) is 6.21. The molecule has 0 saturated heterocycles. The lowest BCUT2D eigenvalue weighted by Crippen LogP contribution is -2.37. The number of nitrogens with zero attached hydrogens (tertiary/aromatic N) is 1. The van der Waals surface area contributed by atoms with Crippen molar-refractivity contribution in [2.75, 3.05) is 18.4 Å². The van der Waals surface area contributed by atoms with Crippen LogP contribution < -0.4 is 5.32 Å². The third-order valence-electron chi connectivity index (χ3n) is 4.36. The Kier molecular flexibility index (Phi) is 7.88. The van der Waals surface area contributed by atoms with Crippen LogP contribution in [-0.2, 0) is 16.2 Å². The summed E-state index contributed by atoms with van der Waals surface area (Å²) in [4.78, 5) is 12.5. The summed E-state index contributed by atoms with van der Waals surface area (Å²) in [6, 6.07) is 9.58. The number of amides is 1. The highest BCUT2D eigenvalue weighted by molar-refractivity contribution is 7.89. The number of anilines is 1. The van der Waals surface area contributed by atoms with Gasteiger partial charge in [-0.05, 0) is 60.4 Å². The zero-order valence-electron chi connectivity index (χ0n) is 17.9. The minimum Gasteiger partial charge on any atom is -0.322 e. The van der Waals surface area contributed by atoms with E-state index in [4.69, 9.17) is 0 Å². The molecule has 170 valence electrons. The van der Waals surface area contributed by atoms with Gasteiger partial charge in [-0.3, -0.25) is 4.79 Å². The molecule has 0 heterocycles. The van der Waals surface area contributed by atoms with Gasteiger partial charge >= 0.3 is 6.18 Å². The van der Waals surface area contributed by atoms with Crippen LogP contribution in [0.3, 0.4) is 0 Å². The standard InChI is InChI=1S/C22H27F3N2O3S/c1-15(2)13-27(14-16(3)4)31(29,30)20-11-5-17(6-12-20)21(28)26-19-9-7-18(8-10-19)22(23,24)25/h5-12,15-16H,13-14H2,1-4H3,(H,26,28). The van der Waals surface area contributed by atoms with Gasteiger partial charge in [0, 0.05) is 24.3 Å². The van der Waals surface area contributed by atoms with Crippen LogP contribution in [0.15, 0.2) is 53.4 Å². The fourth-order valence-corrected chi connectivity index (χ4v) is 4.73. The third kappa shape index (κ3) is 6.80. The SMILES string of the molecule is CC(C)CN(CC(C)C)S(=O)(=O)c1ccc(C(=O)Nc2ccc(C(F)(F)F)cc2)cc1. The molecule has 0 fully saturated rings. The van der Waals surface area contributed by atoms with Crippen LogP contribution in [0.1, 0.15) is 43.6 Å². The molecule has 2 aromatic carbocycles. The van der Waals surface area contributed by atoms with Crippen LogP contribution in [-0.4, -0.2) is 31.7 Å². The normalized spacial score (nSPS) is 12.6. The molecule has 5 nitrogen and oxygen atoms in total. The Labute approximate surface area is 181 Å². The molecular formula is C22H27F3N2O3S. The van der Waals surface area contributed by atoms with Gasteiger partial charge < -0.3 is 5.32 Å². The minimum absolute atomic E-state index is 0.0832. The van der Waals surface area contributed by atoms with E-state index in [9.17, 15) is 26.4 Å². The zero-order chi connectivity index (χ0) is 23.4. The summed E-state index contributed by atoms with van der Waals surface area (Å²) in [5.41, 5.74) is -0.416. The highest BCUT2D eigenvalue weighted by Crippen LogP contribution is 2.30. The summed E-state index contributed by atoms with van der Waals surface area (Å²) in [5, 5.41) is 2.50. The van der Waals surface area contributed by atoms with Crippen LogP contribution in [0, 0.1) is 11.8 Å². The molecule has 0 aliphatic heterocycles. The number of hydrogen-bond acceptors (Lipinski definition) is 3. The molecule has 31 heavy (non-hydrogen) atoms. The molecular weight excluding hydrogens is 429 g/mol. The first-order chi connectivity index (χ1) is 14.3. The maximum absolute atomic E-state index is 13.0. The molecule has 9 heteroatoms. The number of carbonyl (C=O) groups excluding carboxylic acids is 1. The molecule has 2 rings (SSSR count). The Hall–Kier alpha value is -2.39. The van der Waals surface area contributed by atoms with Crippen molar-refractivity contribution < 1.29 is 26.4 Å². The van der Waals surface area contributed by atoms with E-state index in [1.807, 2.05) is 27.7 Å². The van der Waals surface area contributed by atoms with Gasteiger partial charge in [0.1, 0.15) is 0 Å². The summed E-state index contributed by atoms with van der Waals surface area (Å²) in [5.74, 6) is -0.241. The zero-order valence-corrected chi connectivity index (χ0v) is 18.7. The van der Waals surface area contributed by atoms with E-state index < -0.39 is 27.7 Å². The summed E-state index contributed by atoms with van der Waals surface area (Å²) in [7, 11) is -3.72. The summed E-state index contributed by atoms with van der Waals surface area (Å²) < 4.78 is 65.4. The van der Waals surface area contributed by atoms with Gasteiger partial charge in [0.05, 0.1) is 10.5 Å². The second-order valence-electron chi connectivity index (χ2n) is 8.16. The number of halogens is 3. The van der Waals surface area contributed by atoms with Crippen LogP contribution >= 0.6 is 0 Å². The molecule has 0 unspecified atom stereocenters. The molecule has 0 aromatic heterocycles. The molecule has 0 spiro atoms. The monoisotopic (exact) mass is 456 g/mol. The number of nitrogens with one attached hydrogen (secondary N) is 1. The van der Waals surface area contributed by atoms with Gasteiger partial charge in [-0.25, -0.2) is 8.42 Å². The van der Waals surface area contributed by atoms with Crippen molar-refractivity contribution in [3.8, 4) is 0 Å². The van der Waals surface area contributed by atoms with Gasteiger partial charge in [0.2, 0.25) is 10.0 Å². The molecule has 0 saturated carbocycles. The Morgan fingerprint density at radius 3 is 1.81 bits per heavy atom. The molecule has 0 atom stereocenters. The smallest absolute Gasteiger partial charge is 0.322 e. The van der Waals surface area contributed by atoms with E-state index >= 15 is 0 Å². The average molecular weight is 457 g/mol. The van der Waals surface area contributed by atoms with Crippen molar-refractivity contribution in [1.29, 1.82) is 0 Å². The molecule has 0 bridgehead atoms. The lowest BCUT2D eigenvalue weighted by Gasteiger charge is -2.25. The van der Waals surface area contributed by atoms with E-state index in [0.29, 0.717) is 13.1 Å². The van der Waals surface area contributed by atoms with Crippen molar-refractivity contribution in [1.82, 2.24) is 4.31 Å². The Balaban J connectivity index is 2.16. The molecule has 2 aromatic rings. The van der Waals surface area contributed by atoms with E-state index in [2.05, 4.69) is 5.32 Å². The maximum Gasteiger partial charge on any atom is 0.416 e. The van der Waals surface area contributed by atoms with Crippen molar-refractivity contribution in [2.45, 2.75) is 38.8 Å². The number of sulfonamides is 1. The van der Waals surface area contributed by atoms with Crippen LogP contribution in [0.4, 0.5) is 18.9 Å². The maximum atomic E-state index is 13.0. The van der Waals surface area contributed by atoms with Gasteiger partial charge in [-0.2, -0.15) is 17.5 Å². The van der Waals surface area contributed by atoms with E-state index in [0.717, 1.165) is 24.3 Å². The number of rotatable bonds is 8. The first-order valence-corrected chi connectivity index (χ1v) is 11.3. The number of carbonyl (C=O) groups is 1. The Bertz CT molecular complexity index is 974. The van der Waals surface area contributed by atoms with Crippen LogP contribution in [0.2, 0.25) is 0 Å². The van der Waals surface area contributed by atoms with E-state index in [1.54, 1.807) is 0 Å². The lowest BCUT2D eigenvalue weighted by molar-refractivity contribution is -0.137. The van der Waals surface area contributed by atoms with Crippen molar-refractivity contribution in [3.63, 3.8) is 0 Å². The fourth-order valence-electron chi connectivity index (χ4n) is 2.96. The highest BCUT2D eigenvalue weighted by atomic mass is 32.2. The first kappa shape index (κ1) is 24.9. The molecule has 0 aliphatic rings. The number of alkyl halides is 3. The van der Waals surface area contributed by atoms with Gasteiger partial charge in [0.25, 0.3) is 5.91 Å². The molecule has 1 amide bonds. The fraction of sp³-hybridized carbons (Fsp3) is 0.409. The Morgan fingerprint density at radius 1 is 0.903 bits per heavy atom. The van der Waals surface area contributed by atoms with Gasteiger partial charge in [-0.1, -0.05) is 27.7 Å². The first-order valence-electron chi connectivity index (χ1n) is 9.89. The topological polar surface area (TPSA) is 66.5 Å². The predicted molar refractivity (Wildman–Crippen MR) is 114 cm³/mol. The predicted octanol–water partition coefficient (Wildman–Crippen LogP) is 5.26. The van der Waals surface area contributed by atoms with E-state index in [-0.39, 0.29) is 28.0 Å². The second kappa shape index (κ2) is 9.82. The summed E-state index contributed by atoms with van der Waals surface area (Å²) >= 11 is 0. The number of hydrogen-bond donors (Lipinski definition) is 1. The second-order valence-corrected chi connectivity index (χ2v) is 10.1. The Morgan fingerprint density at radius 2 is 1.39 bits per heavy atom. The molecule has 1 N–H and O–H groups in total. The van der Waals surface area contributed by atoms with Crippen molar-refractivity contribution in [2.24, 2.45) is 11.8 Å². The lowest BCUT2D eigenvalue weighted by atomic mass is 10.2. The van der Waals surface area contributed by atoms with Crippen molar-refractivity contribution in [3.05, 3.63) is 59.7 Å². The van der Waals surface area contributed by atoms with E-state index in [1.165, 1.54) is 28.6 Å². The molecule has 0 radical (unpaired) electrons. The average Bonchev–Trinajstić information content (AvgIpc) is 2.66. The largest absolute Gasteiger partial charge is 0.416 e. The van der Waals surface area contributed by atoms with Crippen molar-refractivity contribution >= 4 is 21.6 Å². The quantitative estimate of drug-likeness (QED) is 0.589.